The molecule has 0 saturated carbocycles. The number of rotatable bonds is 3. The van der Waals surface area contributed by atoms with Crippen molar-refractivity contribution in [1.82, 2.24) is 9.97 Å². The largest absolute Gasteiger partial charge is 0.319 e. The van der Waals surface area contributed by atoms with E-state index in [2.05, 4.69) is 48.1 Å². The normalized spacial score (nSPS) is 12.8. The molecule has 21 heavy (non-hydrogen) atoms. The Labute approximate surface area is 124 Å². The second-order valence-corrected chi connectivity index (χ2v) is 5.58. The van der Waals surface area contributed by atoms with E-state index in [9.17, 15) is 0 Å². The Hall–Kier alpha value is -2.26. The van der Waals surface area contributed by atoms with Gasteiger partial charge in [0.25, 0.3) is 0 Å². The molecule has 1 atom stereocenters. The highest BCUT2D eigenvalue weighted by atomic mass is 14.8. The molecule has 0 spiro atoms. The van der Waals surface area contributed by atoms with Gasteiger partial charge in [-0.05, 0) is 29.2 Å². The molecule has 1 heterocycles. The van der Waals surface area contributed by atoms with Crippen LogP contribution >= 0.6 is 0 Å². The third kappa shape index (κ3) is 2.78. The van der Waals surface area contributed by atoms with E-state index in [4.69, 9.17) is 5.73 Å². The summed E-state index contributed by atoms with van der Waals surface area (Å²) in [6, 6.07) is 16.0. The molecule has 0 aliphatic carbocycles. The maximum atomic E-state index is 6.33. The highest BCUT2D eigenvalue weighted by Gasteiger charge is 2.12. The van der Waals surface area contributed by atoms with Gasteiger partial charge in [0.1, 0.15) is 0 Å². The van der Waals surface area contributed by atoms with Gasteiger partial charge in [0.05, 0.1) is 29.0 Å². The molecule has 0 saturated heterocycles. The fraction of sp³-hybridized carbons (Fsp3) is 0.222. The zero-order chi connectivity index (χ0) is 14.8. The number of hydrogen-bond acceptors (Lipinski definition) is 3. The van der Waals surface area contributed by atoms with Crippen molar-refractivity contribution < 1.29 is 0 Å². The summed E-state index contributed by atoms with van der Waals surface area (Å²) in [5, 5.41) is 0. The zero-order valence-corrected chi connectivity index (χ0v) is 12.3. The molecule has 3 aromatic rings. The van der Waals surface area contributed by atoms with Gasteiger partial charge in [0.15, 0.2) is 0 Å². The van der Waals surface area contributed by atoms with Gasteiger partial charge < -0.3 is 5.73 Å². The minimum atomic E-state index is -0.247. The number of hydrogen-bond donors (Lipinski definition) is 1. The van der Waals surface area contributed by atoms with Gasteiger partial charge in [-0.25, -0.2) is 4.98 Å². The van der Waals surface area contributed by atoms with Crippen LogP contribution < -0.4 is 5.73 Å². The van der Waals surface area contributed by atoms with Crippen LogP contribution in [0.25, 0.3) is 11.0 Å². The predicted molar refractivity (Wildman–Crippen MR) is 86.1 cm³/mol. The van der Waals surface area contributed by atoms with Crippen LogP contribution in [0.15, 0.2) is 54.7 Å². The van der Waals surface area contributed by atoms with Crippen molar-refractivity contribution in [1.29, 1.82) is 0 Å². The summed E-state index contributed by atoms with van der Waals surface area (Å²) in [6.07, 6.45) is 1.77. The van der Waals surface area contributed by atoms with Crippen LogP contribution in [-0.4, -0.2) is 9.97 Å². The minimum absolute atomic E-state index is 0.247. The van der Waals surface area contributed by atoms with Gasteiger partial charge in [-0.3, -0.25) is 4.98 Å². The lowest BCUT2D eigenvalue weighted by atomic mass is 9.98. The SMILES string of the molecule is CC(C)c1ccc(C(N)c2cnc3ccccc3n2)cc1. The van der Waals surface area contributed by atoms with Crippen LogP contribution in [0, 0.1) is 0 Å². The van der Waals surface area contributed by atoms with E-state index >= 15 is 0 Å². The quantitative estimate of drug-likeness (QED) is 0.792. The average molecular weight is 277 g/mol. The van der Waals surface area contributed by atoms with E-state index in [1.165, 1.54) is 5.56 Å². The molecule has 0 radical (unpaired) electrons. The molecule has 2 aromatic carbocycles. The Morgan fingerprint density at radius 2 is 1.48 bits per heavy atom. The monoisotopic (exact) mass is 277 g/mol. The molecule has 3 nitrogen and oxygen atoms in total. The lowest BCUT2D eigenvalue weighted by Gasteiger charge is -2.13. The highest BCUT2D eigenvalue weighted by molar-refractivity contribution is 5.73. The fourth-order valence-electron chi connectivity index (χ4n) is 2.38. The van der Waals surface area contributed by atoms with E-state index in [1.54, 1.807) is 6.20 Å². The Morgan fingerprint density at radius 1 is 0.857 bits per heavy atom. The van der Waals surface area contributed by atoms with Crippen molar-refractivity contribution in [3.8, 4) is 0 Å². The van der Waals surface area contributed by atoms with Crippen LogP contribution in [0.3, 0.4) is 0 Å². The van der Waals surface area contributed by atoms with Gasteiger partial charge >= 0.3 is 0 Å². The van der Waals surface area contributed by atoms with Gasteiger partial charge in [0.2, 0.25) is 0 Å². The van der Waals surface area contributed by atoms with Crippen LogP contribution in [0.2, 0.25) is 0 Å². The zero-order valence-electron chi connectivity index (χ0n) is 12.3. The van der Waals surface area contributed by atoms with Crippen molar-refractivity contribution in [2.75, 3.05) is 0 Å². The fourth-order valence-corrected chi connectivity index (χ4v) is 2.38. The molecule has 0 aliphatic heterocycles. The number of aromatic nitrogens is 2. The van der Waals surface area contributed by atoms with Gasteiger partial charge in [-0.1, -0.05) is 50.2 Å². The third-order valence-electron chi connectivity index (χ3n) is 3.75. The van der Waals surface area contributed by atoms with Crippen molar-refractivity contribution in [3.63, 3.8) is 0 Å². The summed E-state index contributed by atoms with van der Waals surface area (Å²) in [4.78, 5) is 9.05. The standard InChI is InChI=1S/C18H19N3/c1-12(2)13-7-9-14(10-8-13)18(19)17-11-20-15-5-3-4-6-16(15)21-17/h3-12,18H,19H2,1-2H3. The lowest BCUT2D eigenvalue weighted by molar-refractivity contribution is 0.820. The highest BCUT2D eigenvalue weighted by Crippen LogP contribution is 2.22. The summed E-state index contributed by atoms with van der Waals surface area (Å²) in [5.41, 5.74) is 11.3. The number of benzene rings is 2. The maximum absolute atomic E-state index is 6.33. The summed E-state index contributed by atoms with van der Waals surface area (Å²) in [6.45, 7) is 4.37. The Bertz CT molecular complexity index is 748. The molecule has 2 N–H and O–H groups in total. The first-order valence-electron chi connectivity index (χ1n) is 7.22. The third-order valence-corrected chi connectivity index (χ3v) is 3.75. The first kappa shape index (κ1) is 13.7. The molecule has 3 heteroatoms. The first-order valence-corrected chi connectivity index (χ1v) is 7.22. The molecular weight excluding hydrogens is 258 g/mol. The van der Waals surface area contributed by atoms with Crippen molar-refractivity contribution in [2.45, 2.75) is 25.8 Å². The summed E-state index contributed by atoms with van der Waals surface area (Å²) in [7, 11) is 0. The molecule has 106 valence electrons. The van der Waals surface area contributed by atoms with Crippen LogP contribution in [0.5, 0.6) is 0 Å². The Morgan fingerprint density at radius 3 is 2.14 bits per heavy atom. The molecule has 1 unspecified atom stereocenters. The first-order chi connectivity index (χ1) is 10.1. The van der Waals surface area contributed by atoms with Crippen molar-refractivity contribution >= 4 is 11.0 Å². The number of nitrogens with two attached hydrogens (primary N) is 1. The van der Waals surface area contributed by atoms with E-state index in [-0.39, 0.29) is 6.04 Å². The Balaban J connectivity index is 1.93. The van der Waals surface area contributed by atoms with Crippen molar-refractivity contribution in [3.05, 3.63) is 71.5 Å². The molecule has 0 amide bonds. The molecule has 0 bridgehead atoms. The van der Waals surface area contributed by atoms with E-state index in [1.807, 2.05) is 24.3 Å². The molecular formula is C18H19N3. The molecule has 0 aliphatic rings. The average Bonchev–Trinajstić information content (AvgIpc) is 2.54. The van der Waals surface area contributed by atoms with Gasteiger partial charge in [-0.15, -0.1) is 0 Å². The van der Waals surface area contributed by atoms with Crippen molar-refractivity contribution in [2.24, 2.45) is 5.73 Å². The summed E-state index contributed by atoms with van der Waals surface area (Å²) in [5.74, 6) is 0.524. The summed E-state index contributed by atoms with van der Waals surface area (Å²) < 4.78 is 0. The molecule has 0 fully saturated rings. The van der Waals surface area contributed by atoms with Gasteiger partial charge in [0, 0.05) is 0 Å². The second kappa shape index (κ2) is 5.62. The van der Waals surface area contributed by atoms with E-state index < -0.39 is 0 Å². The van der Waals surface area contributed by atoms with Crippen LogP contribution in [0.4, 0.5) is 0 Å². The van der Waals surface area contributed by atoms with Crippen LogP contribution in [-0.2, 0) is 0 Å². The smallest absolute Gasteiger partial charge is 0.0890 e. The molecule has 3 rings (SSSR count). The lowest BCUT2D eigenvalue weighted by Crippen LogP contribution is -2.14. The number of para-hydroxylation sites is 2. The Kier molecular flexibility index (Phi) is 3.67. The number of fused-ring (bicyclic) bond motifs is 1. The molecule has 1 aromatic heterocycles. The topological polar surface area (TPSA) is 51.8 Å². The summed E-state index contributed by atoms with van der Waals surface area (Å²) >= 11 is 0. The minimum Gasteiger partial charge on any atom is -0.319 e. The van der Waals surface area contributed by atoms with Crippen LogP contribution in [0.1, 0.15) is 42.6 Å². The second-order valence-electron chi connectivity index (χ2n) is 5.58. The number of nitrogens with zero attached hydrogens (tertiary/aromatic N) is 2. The predicted octanol–water partition coefficient (Wildman–Crippen LogP) is 3.80. The van der Waals surface area contributed by atoms with E-state index in [0.29, 0.717) is 5.92 Å². The maximum Gasteiger partial charge on any atom is 0.0890 e. The van der Waals surface area contributed by atoms with E-state index in [0.717, 1.165) is 22.3 Å². The van der Waals surface area contributed by atoms with Gasteiger partial charge in [-0.2, -0.15) is 0 Å².